The minimum Gasteiger partial charge on any atom is -0.508 e. The van der Waals surface area contributed by atoms with Crippen molar-refractivity contribution in [2.75, 3.05) is 6.54 Å². The molecule has 0 unspecified atom stereocenters. The molecule has 2 N–H and O–H groups in total. The van der Waals surface area contributed by atoms with Crippen LogP contribution in [0.4, 0.5) is 0 Å². The molecule has 0 aliphatic carbocycles. The van der Waals surface area contributed by atoms with E-state index in [2.05, 4.69) is 5.32 Å². The second-order valence-electron chi connectivity index (χ2n) is 4.51. The Hall–Kier alpha value is -2.00. The maximum Gasteiger partial charge on any atom is 0.252 e. The Kier molecular flexibility index (Phi) is 5.02. The number of nitrogens with one attached hydrogen (secondary N) is 1. The van der Waals surface area contributed by atoms with Crippen molar-refractivity contribution in [1.29, 1.82) is 0 Å². The molecule has 0 aliphatic heterocycles. The van der Waals surface area contributed by atoms with Crippen LogP contribution in [0.5, 0.6) is 5.75 Å². The number of phenolic OH excluding ortho intramolecular Hbond substituents is 1. The summed E-state index contributed by atoms with van der Waals surface area (Å²) in [5.41, 5.74) is 1.63. The molecule has 0 saturated carbocycles. The summed E-state index contributed by atoms with van der Waals surface area (Å²) < 4.78 is 0. The third kappa shape index (κ3) is 4.00. The summed E-state index contributed by atoms with van der Waals surface area (Å²) in [6.07, 6.45) is 1.68. The maximum atomic E-state index is 11.9. The Bertz CT molecular complexity index is 581. The molecule has 1 amide bonds. The van der Waals surface area contributed by atoms with Gasteiger partial charge in [-0.3, -0.25) is 4.79 Å². The molecule has 0 aliphatic rings. The predicted molar refractivity (Wildman–Crippen MR) is 80.2 cm³/mol. The normalized spacial score (nSPS) is 10.2. The fourth-order valence-electron chi connectivity index (χ4n) is 1.90. The molecular formula is C16H16ClNO2. The lowest BCUT2D eigenvalue weighted by atomic mass is 10.1. The van der Waals surface area contributed by atoms with E-state index in [9.17, 15) is 9.90 Å². The molecule has 2 aromatic rings. The number of aromatic hydroxyl groups is 1. The Morgan fingerprint density at radius 1 is 1.10 bits per heavy atom. The van der Waals surface area contributed by atoms with Crippen molar-refractivity contribution in [3.63, 3.8) is 0 Å². The third-order valence-electron chi connectivity index (χ3n) is 2.98. The Balaban J connectivity index is 1.77. The van der Waals surface area contributed by atoms with Crippen LogP contribution in [0.3, 0.4) is 0 Å². The van der Waals surface area contributed by atoms with Gasteiger partial charge < -0.3 is 10.4 Å². The Morgan fingerprint density at radius 2 is 1.80 bits per heavy atom. The standard InChI is InChI=1S/C16H16ClNO2/c17-15-6-2-1-5-14(15)16(20)18-11-3-4-12-7-9-13(19)10-8-12/h1-2,5-10,19H,3-4,11H2,(H,18,20). The first-order chi connectivity index (χ1) is 9.66. The van der Waals surface area contributed by atoms with E-state index in [1.807, 2.05) is 12.1 Å². The van der Waals surface area contributed by atoms with E-state index < -0.39 is 0 Å². The van der Waals surface area contributed by atoms with Crippen LogP contribution in [0.2, 0.25) is 5.02 Å². The number of phenols is 1. The molecule has 0 fully saturated rings. The van der Waals surface area contributed by atoms with Crippen LogP contribution in [0.1, 0.15) is 22.3 Å². The van der Waals surface area contributed by atoms with E-state index in [1.54, 1.807) is 36.4 Å². The van der Waals surface area contributed by atoms with Crippen molar-refractivity contribution in [2.24, 2.45) is 0 Å². The zero-order valence-electron chi connectivity index (χ0n) is 11.0. The average molecular weight is 290 g/mol. The molecule has 104 valence electrons. The van der Waals surface area contributed by atoms with Gasteiger partial charge in [-0.2, -0.15) is 0 Å². The minimum atomic E-state index is -0.152. The summed E-state index contributed by atoms with van der Waals surface area (Å²) in [6, 6.07) is 14.1. The SMILES string of the molecule is O=C(NCCCc1ccc(O)cc1)c1ccccc1Cl. The number of halogens is 1. The molecule has 0 bridgehead atoms. The largest absolute Gasteiger partial charge is 0.508 e. The Morgan fingerprint density at radius 3 is 2.50 bits per heavy atom. The molecule has 4 heteroatoms. The number of rotatable bonds is 5. The van der Waals surface area contributed by atoms with Crippen LogP contribution in [0.15, 0.2) is 48.5 Å². The number of benzene rings is 2. The summed E-state index contributed by atoms with van der Waals surface area (Å²) in [5.74, 6) is 0.113. The van der Waals surface area contributed by atoms with E-state index in [1.165, 1.54) is 0 Å². The Labute approximate surface area is 123 Å². The lowest BCUT2D eigenvalue weighted by molar-refractivity contribution is 0.0953. The van der Waals surface area contributed by atoms with Gasteiger partial charge >= 0.3 is 0 Å². The van der Waals surface area contributed by atoms with Gasteiger partial charge in [0, 0.05) is 6.54 Å². The smallest absolute Gasteiger partial charge is 0.252 e. The number of carbonyl (C=O) groups excluding carboxylic acids is 1. The number of aryl methyl sites for hydroxylation is 1. The monoisotopic (exact) mass is 289 g/mol. The lowest BCUT2D eigenvalue weighted by Gasteiger charge is -2.06. The first-order valence-electron chi connectivity index (χ1n) is 6.47. The van der Waals surface area contributed by atoms with Gasteiger partial charge in [0.05, 0.1) is 10.6 Å². The van der Waals surface area contributed by atoms with Crippen molar-refractivity contribution < 1.29 is 9.90 Å². The fourth-order valence-corrected chi connectivity index (χ4v) is 2.12. The number of hydrogen-bond donors (Lipinski definition) is 2. The summed E-state index contributed by atoms with van der Waals surface area (Å²) >= 11 is 5.96. The highest BCUT2D eigenvalue weighted by Crippen LogP contribution is 2.14. The van der Waals surface area contributed by atoms with Gasteiger partial charge in [0.15, 0.2) is 0 Å². The summed E-state index contributed by atoms with van der Waals surface area (Å²) in [6.45, 7) is 0.588. The highest BCUT2D eigenvalue weighted by molar-refractivity contribution is 6.33. The van der Waals surface area contributed by atoms with E-state index in [4.69, 9.17) is 11.6 Å². The van der Waals surface area contributed by atoms with Crippen LogP contribution < -0.4 is 5.32 Å². The zero-order valence-corrected chi connectivity index (χ0v) is 11.7. The van der Waals surface area contributed by atoms with Crippen molar-refractivity contribution in [2.45, 2.75) is 12.8 Å². The molecular weight excluding hydrogens is 274 g/mol. The van der Waals surface area contributed by atoms with Gasteiger partial charge in [0.25, 0.3) is 5.91 Å². The molecule has 2 rings (SSSR count). The minimum absolute atomic E-state index is 0.152. The van der Waals surface area contributed by atoms with Crippen molar-refractivity contribution in [3.8, 4) is 5.75 Å². The van der Waals surface area contributed by atoms with E-state index >= 15 is 0 Å². The van der Waals surface area contributed by atoms with Gasteiger partial charge in [0.1, 0.15) is 5.75 Å². The molecule has 20 heavy (non-hydrogen) atoms. The second kappa shape index (κ2) is 6.96. The first kappa shape index (κ1) is 14.4. The summed E-state index contributed by atoms with van der Waals surface area (Å²) in [7, 11) is 0. The maximum absolute atomic E-state index is 11.9. The molecule has 0 atom stereocenters. The van der Waals surface area contributed by atoms with Crippen LogP contribution in [-0.2, 0) is 6.42 Å². The zero-order chi connectivity index (χ0) is 14.4. The van der Waals surface area contributed by atoms with Gasteiger partial charge in [-0.1, -0.05) is 35.9 Å². The average Bonchev–Trinajstić information content (AvgIpc) is 2.46. The number of carbonyl (C=O) groups is 1. The van der Waals surface area contributed by atoms with E-state index in [0.29, 0.717) is 17.1 Å². The quantitative estimate of drug-likeness (QED) is 0.829. The topological polar surface area (TPSA) is 49.3 Å². The molecule has 0 aromatic heterocycles. The number of hydrogen-bond acceptors (Lipinski definition) is 2. The summed E-state index contributed by atoms with van der Waals surface area (Å²) in [5, 5.41) is 12.5. The van der Waals surface area contributed by atoms with Crippen LogP contribution in [0, 0.1) is 0 Å². The summed E-state index contributed by atoms with van der Waals surface area (Å²) in [4.78, 5) is 11.9. The molecule has 0 radical (unpaired) electrons. The fraction of sp³-hybridized carbons (Fsp3) is 0.188. The van der Waals surface area contributed by atoms with Crippen LogP contribution in [0.25, 0.3) is 0 Å². The van der Waals surface area contributed by atoms with Gasteiger partial charge in [-0.25, -0.2) is 0 Å². The van der Waals surface area contributed by atoms with Crippen LogP contribution in [-0.4, -0.2) is 17.6 Å². The number of amides is 1. The van der Waals surface area contributed by atoms with Gasteiger partial charge in [0.2, 0.25) is 0 Å². The van der Waals surface area contributed by atoms with Gasteiger partial charge in [-0.15, -0.1) is 0 Å². The molecule has 2 aromatic carbocycles. The molecule has 0 spiro atoms. The predicted octanol–water partition coefficient (Wildman–Crippen LogP) is 3.41. The third-order valence-corrected chi connectivity index (χ3v) is 3.31. The van der Waals surface area contributed by atoms with E-state index in [-0.39, 0.29) is 11.7 Å². The van der Waals surface area contributed by atoms with E-state index in [0.717, 1.165) is 18.4 Å². The van der Waals surface area contributed by atoms with Crippen molar-refractivity contribution in [3.05, 3.63) is 64.7 Å². The first-order valence-corrected chi connectivity index (χ1v) is 6.85. The van der Waals surface area contributed by atoms with Crippen molar-refractivity contribution in [1.82, 2.24) is 5.32 Å². The highest BCUT2D eigenvalue weighted by atomic mass is 35.5. The lowest BCUT2D eigenvalue weighted by Crippen LogP contribution is -2.25. The van der Waals surface area contributed by atoms with Gasteiger partial charge in [-0.05, 0) is 42.7 Å². The molecule has 3 nitrogen and oxygen atoms in total. The highest BCUT2D eigenvalue weighted by Gasteiger charge is 2.08. The van der Waals surface area contributed by atoms with Crippen molar-refractivity contribution >= 4 is 17.5 Å². The molecule has 0 saturated heterocycles. The molecule has 0 heterocycles. The second-order valence-corrected chi connectivity index (χ2v) is 4.91. The van der Waals surface area contributed by atoms with Crippen LogP contribution >= 0.6 is 11.6 Å².